The summed E-state index contributed by atoms with van der Waals surface area (Å²) in [5, 5.41) is 0. The lowest BCUT2D eigenvalue weighted by atomic mass is 9.95. The Morgan fingerprint density at radius 2 is 1.84 bits per heavy atom. The minimum Gasteiger partial charge on any atom is -0.379 e. The number of benzene rings is 1. The van der Waals surface area contributed by atoms with Gasteiger partial charge in [-0.3, -0.25) is 11.3 Å². The highest BCUT2D eigenvalue weighted by Crippen LogP contribution is 2.18. The van der Waals surface area contributed by atoms with E-state index in [-0.39, 0.29) is 11.6 Å². The Morgan fingerprint density at radius 3 is 2.32 bits per heavy atom. The molecule has 0 fully saturated rings. The number of ether oxygens (including phenoxy) is 1. The molecule has 0 saturated carbocycles. The number of hydrazine groups is 1. The van der Waals surface area contributed by atoms with Crippen molar-refractivity contribution in [3.8, 4) is 0 Å². The van der Waals surface area contributed by atoms with Crippen LogP contribution in [0.2, 0.25) is 0 Å². The fourth-order valence-corrected chi connectivity index (χ4v) is 1.88. The molecular weight excluding hydrogens is 250 g/mol. The second kappa shape index (κ2) is 6.93. The van der Waals surface area contributed by atoms with Crippen LogP contribution in [-0.4, -0.2) is 18.8 Å². The van der Waals surface area contributed by atoms with Crippen molar-refractivity contribution in [1.29, 1.82) is 0 Å². The third kappa shape index (κ3) is 5.63. The molecule has 108 valence electrons. The van der Waals surface area contributed by atoms with Gasteiger partial charge in [-0.15, -0.1) is 0 Å². The molecular formula is C14H22F2N2O. The zero-order valence-corrected chi connectivity index (χ0v) is 11.7. The number of halogens is 2. The van der Waals surface area contributed by atoms with Crippen molar-refractivity contribution in [2.24, 2.45) is 5.84 Å². The molecule has 0 spiro atoms. The van der Waals surface area contributed by atoms with Gasteiger partial charge in [0.15, 0.2) is 0 Å². The average molecular weight is 272 g/mol. The molecule has 0 aliphatic rings. The van der Waals surface area contributed by atoms with Gasteiger partial charge in [0.1, 0.15) is 11.6 Å². The van der Waals surface area contributed by atoms with E-state index in [1.807, 2.05) is 13.8 Å². The molecule has 1 unspecified atom stereocenters. The van der Waals surface area contributed by atoms with Crippen LogP contribution in [0.5, 0.6) is 0 Å². The van der Waals surface area contributed by atoms with E-state index in [0.29, 0.717) is 12.0 Å². The van der Waals surface area contributed by atoms with Gasteiger partial charge in [-0.2, -0.15) is 0 Å². The normalized spacial score (nSPS) is 13.6. The molecule has 0 heterocycles. The van der Waals surface area contributed by atoms with Gasteiger partial charge in [-0.05, 0) is 50.8 Å². The van der Waals surface area contributed by atoms with Crippen molar-refractivity contribution in [2.45, 2.75) is 44.8 Å². The van der Waals surface area contributed by atoms with Crippen LogP contribution in [0.3, 0.4) is 0 Å². The largest absolute Gasteiger partial charge is 0.379 e. The van der Waals surface area contributed by atoms with E-state index in [9.17, 15) is 8.78 Å². The number of rotatable bonds is 7. The first-order valence-corrected chi connectivity index (χ1v) is 6.32. The van der Waals surface area contributed by atoms with Gasteiger partial charge < -0.3 is 4.74 Å². The molecule has 3 N–H and O–H groups in total. The summed E-state index contributed by atoms with van der Waals surface area (Å²) in [6.45, 7) is 3.98. The van der Waals surface area contributed by atoms with Gasteiger partial charge in [0.2, 0.25) is 0 Å². The van der Waals surface area contributed by atoms with Crippen LogP contribution in [-0.2, 0) is 11.2 Å². The molecule has 1 atom stereocenters. The molecule has 1 aromatic rings. The average Bonchev–Trinajstić information content (AvgIpc) is 2.33. The summed E-state index contributed by atoms with van der Waals surface area (Å²) < 4.78 is 31.5. The van der Waals surface area contributed by atoms with Crippen LogP contribution < -0.4 is 11.3 Å². The highest BCUT2D eigenvalue weighted by molar-refractivity contribution is 5.18. The molecule has 5 heteroatoms. The minimum atomic E-state index is -0.567. The molecule has 0 bridgehead atoms. The molecule has 0 amide bonds. The van der Waals surface area contributed by atoms with Gasteiger partial charge in [0, 0.05) is 19.2 Å². The van der Waals surface area contributed by atoms with Crippen molar-refractivity contribution < 1.29 is 13.5 Å². The van der Waals surface area contributed by atoms with Gasteiger partial charge >= 0.3 is 0 Å². The fraction of sp³-hybridized carbons (Fsp3) is 0.571. The Kier molecular flexibility index (Phi) is 5.85. The van der Waals surface area contributed by atoms with Gasteiger partial charge in [-0.25, -0.2) is 8.78 Å². The molecule has 1 aromatic carbocycles. The highest BCUT2D eigenvalue weighted by Gasteiger charge is 2.19. The highest BCUT2D eigenvalue weighted by atomic mass is 19.1. The Hall–Kier alpha value is -1.04. The summed E-state index contributed by atoms with van der Waals surface area (Å²) >= 11 is 0. The third-order valence-corrected chi connectivity index (χ3v) is 3.29. The van der Waals surface area contributed by atoms with Crippen LogP contribution in [0, 0.1) is 11.6 Å². The number of hydrogen-bond donors (Lipinski definition) is 2. The lowest BCUT2D eigenvalue weighted by molar-refractivity contribution is 0.0117. The van der Waals surface area contributed by atoms with E-state index >= 15 is 0 Å². The topological polar surface area (TPSA) is 47.3 Å². The Labute approximate surface area is 113 Å². The second-order valence-electron chi connectivity index (χ2n) is 5.35. The lowest BCUT2D eigenvalue weighted by Crippen LogP contribution is -2.38. The Bertz CT molecular complexity index is 390. The number of methoxy groups -OCH3 is 1. The van der Waals surface area contributed by atoms with Crippen LogP contribution in [0.4, 0.5) is 8.78 Å². The van der Waals surface area contributed by atoms with E-state index in [2.05, 4.69) is 5.43 Å². The molecule has 3 nitrogen and oxygen atoms in total. The summed E-state index contributed by atoms with van der Waals surface area (Å²) in [6, 6.07) is 3.47. The minimum absolute atomic E-state index is 0.0457. The van der Waals surface area contributed by atoms with E-state index in [1.54, 1.807) is 7.11 Å². The Balaban J connectivity index is 2.61. The first-order chi connectivity index (χ1) is 8.86. The zero-order valence-electron chi connectivity index (χ0n) is 11.7. The van der Waals surface area contributed by atoms with Crippen molar-refractivity contribution in [2.75, 3.05) is 7.11 Å². The summed E-state index contributed by atoms with van der Waals surface area (Å²) in [5.74, 6) is 4.36. The predicted octanol–water partition coefficient (Wildman–Crippen LogP) is 2.54. The quantitative estimate of drug-likeness (QED) is 0.592. The molecule has 0 saturated heterocycles. The maximum Gasteiger partial charge on any atom is 0.126 e. The molecule has 0 aromatic heterocycles. The first-order valence-electron chi connectivity index (χ1n) is 6.32. The molecule has 0 aliphatic carbocycles. The smallest absolute Gasteiger partial charge is 0.126 e. The molecule has 0 radical (unpaired) electrons. The first kappa shape index (κ1) is 16.0. The summed E-state index contributed by atoms with van der Waals surface area (Å²) in [4.78, 5) is 0. The predicted molar refractivity (Wildman–Crippen MR) is 71.5 cm³/mol. The van der Waals surface area contributed by atoms with Crippen molar-refractivity contribution in [3.63, 3.8) is 0 Å². The van der Waals surface area contributed by atoms with Crippen LogP contribution >= 0.6 is 0 Å². The van der Waals surface area contributed by atoms with E-state index in [4.69, 9.17) is 10.6 Å². The summed E-state index contributed by atoms with van der Waals surface area (Å²) in [6.07, 6.45) is 2.04. The monoisotopic (exact) mass is 272 g/mol. The van der Waals surface area contributed by atoms with Crippen molar-refractivity contribution >= 4 is 0 Å². The number of hydrogen-bond acceptors (Lipinski definition) is 3. The molecule has 19 heavy (non-hydrogen) atoms. The van der Waals surface area contributed by atoms with Gasteiger partial charge in [0.25, 0.3) is 0 Å². The number of nitrogens with two attached hydrogens (primary N) is 1. The van der Waals surface area contributed by atoms with Crippen LogP contribution in [0.15, 0.2) is 18.2 Å². The molecule has 1 rings (SSSR count). The lowest BCUT2D eigenvalue weighted by Gasteiger charge is -2.25. The second-order valence-corrected chi connectivity index (χ2v) is 5.35. The maximum atomic E-state index is 13.1. The summed E-state index contributed by atoms with van der Waals surface area (Å²) in [7, 11) is 1.66. The van der Waals surface area contributed by atoms with E-state index in [1.165, 1.54) is 12.1 Å². The standard InChI is InChI=1S/C14H22F2N2O/c1-14(2,19-3)5-4-13(18-17)8-10-6-11(15)9-12(16)7-10/h6-7,9,13,18H,4-5,8,17H2,1-3H3. The SMILES string of the molecule is COC(C)(C)CCC(Cc1cc(F)cc(F)c1)NN. The zero-order chi connectivity index (χ0) is 14.5. The van der Waals surface area contributed by atoms with Gasteiger partial charge in [0.05, 0.1) is 5.60 Å². The van der Waals surface area contributed by atoms with Gasteiger partial charge in [-0.1, -0.05) is 0 Å². The molecule has 0 aliphatic heterocycles. The van der Waals surface area contributed by atoms with E-state index in [0.717, 1.165) is 18.9 Å². The number of nitrogens with one attached hydrogen (secondary N) is 1. The van der Waals surface area contributed by atoms with Crippen molar-refractivity contribution in [1.82, 2.24) is 5.43 Å². The third-order valence-electron chi connectivity index (χ3n) is 3.29. The van der Waals surface area contributed by atoms with E-state index < -0.39 is 11.6 Å². The Morgan fingerprint density at radius 1 is 1.26 bits per heavy atom. The van der Waals surface area contributed by atoms with Crippen LogP contribution in [0.1, 0.15) is 32.3 Å². The summed E-state index contributed by atoms with van der Waals surface area (Å²) in [5.41, 5.74) is 3.05. The fourth-order valence-electron chi connectivity index (χ4n) is 1.88. The maximum absolute atomic E-state index is 13.1. The van der Waals surface area contributed by atoms with Crippen molar-refractivity contribution in [3.05, 3.63) is 35.4 Å². The van der Waals surface area contributed by atoms with Crippen LogP contribution in [0.25, 0.3) is 0 Å².